The van der Waals surface area contributed by atoms with Crippen molar-refractivity contribution >= 4 is 71.8 Å². The molecule has 0 bridgehead atoms. The molecule has 138 valence electrons. The van der Waals surface area contributed by atoms with Gasteiger partial charge in [0.1, 0.15) is 0 Å². The average Bonchev–Trinajstić information content (AvgIpc) is 3.03. The Morgan fingerprint density at radius 3 is 2.78 bits per heavy atom. The van der Waals surface area contributed by atoms with Crippen LogP contribution in [0.25, 0.3) is 10.2 Å². The molecule has 0 aliphatic rings. The fraction of sp³-hybridized carbons (Fsp3) is 0.111. The van der Waals surface area contributed by atoms with Gasteiger partial charge in [-0.2, -0.15) is 0 Å². The maximum absolute atomic E-state index is 12.3. The first-order valence-electron chi connectivity index (χ1n) is 7.92. The third-order valence-corrected chi connectivity index (χ3v) is 5.29. The van der Waals surface area contributed by atoms with E-state index in [4.69, 9.17) is 17.0 Å². The zero-order valence-corrected chi connectivity index (χ0v) is 17.3. The van der Waals surface area contributed by atoms with Gasteiger partial charge in [-0.3, -0.25) is 10.1 Å². The average molecular weight is 464 g/mol. The van der Waals surface area contributed by atoms with E-state index in [0.29, 0.717) is 27.3 Å². The number of thiazole rings is 1. The van der Waals surface area contributed by atoms with Crippen molar-refractivity contribution < 1.29 is 14.3 Å². The van der Waals surface area contributed by atoms with Crippen molar-refractivity contribution in [2.75, 3.05) is 11.9 Å². The molecule has 0 spiro atoms. The number of carbonyl (C=O) groups excluding carboxylic acids is 2. The minimum absolute atomic E-state index is 0.139. The van der Waals surface area contributed by atoms with Crippen molar-refractivity contribution in [2.24, 2.45) is 0 Å². The number of amides is 1. The molecule has 0 aliphatic heterocycles. The fourth-order valence-electron chi connectivity index (χ4n) is 2.26. The standard InChI is InChI=1S/C18H14BrN3O3S2/c1-2-25-16(24)10-7-8-13-14(9-10)27-18(20-13)22-17(26)21-15(23)11-5-3-4-6-12(11)19/h3-9H,2H2,1H3,(H2,20,21,22,23,26). The van der Waals surface area contributed by atoms with Crippen molar-refractivity contribution in [3.05, 3.63) is 58.1 Å². The van der Waals surface area contributed by atoms with Gasteiger partial charge in [0.15, 0.2) is 10.2 Å². The Bertz CT molecular complexity index is 1040. The number of carbonyl (C=O) groups is 2. The molecule has 0 unspecified atom stereocenters. The van der Waals surface area contributed by atoms with Crippen LogP contribution in [0.2, 0.25) is 0 Å². The van der Waals surface area contributed by atoms with E-state index < -0.39 is 0 Å². The van der Waals surface area contributed by atoms with Crippen LogP contribution in [0.15, 0.2) is 46.9 Å². The van der Waals surface area contributed by atoms with Crippen LogP contribution >= 0.6 is 39.5 Å². The molecule has 0 aliphatic carbocycles. The SMILES string of the molecule is CCOC(=O)c1ccc2nc(NC(=S)NC(=O)c3ccccc3Br)sc2c1. The zero-order valence-electron chi connectivity index (χ0n) is 14.1. The third kappa shape index (κ3) is 4.68. The summed E-state index contributed by atoms with van der Waals surface area (Å²) in [6.45, 7) is 2.08. The van der Waals surface area contributed by atoms with E-state index in [1.165, 1.54) is 11.3 Å². The Morgan fingerprint density at radius 1 is 1.26 bits per heavy atom. The molecule has 0 radical (unpaired) electrons. The first-order valence-corrected chi connectivity index (χ1v) is 9.94. The highest BCUT2D eigenvalue weighted by atomic mass is 79.9. The summed E-state index contributed by atoms with van der Waals surface area (Å²) in [5.74, 6) is -0.704. The number of halogens is 1. The summed E-state index contributed by atoms with van der Waals surface area (Å²) in [7, 11) is 0. The maximum atomic E-state index is 12.3. The van der Waals surface area contributed by atoms with Gasteiger partial charge in [0.2, 0.25) is 0 Å². The van der Waals surface area contributed by atoms with Crippen LogP contribution in [0.5, 0.6) is 0 Å². The minimum atomic E-state index is -0.376. The molecule has 2 aromatic carbocycles. The Morgan fingerprint density at radius 2 is 2.04 bits per heavy atom. The van der Waals surface area contributed by atoms with Crippen molar-refractivity contribution in [3.8, 4) is 0 Å². The molecule has 0 saturated heterocycles. The summed E-state index contributed by atoms with van der Waals surface area (Å²) >= 11 is 9.85. The second-order valence-corrected chi connectivity index (χ2v) is 7.60. The summed E-state index contributed by atoms with van der Waals surface area (Å²) in [4.78, 5) is 28.5. The molecule has 3 rings (SSSR count). The number of anilines is 1. The topological polar surface area (TPSA) is 80.3 Å². The largest absolute Gasteiger partial charge is 0.462 e. The summed E-state index contributed by atoms with van der Waals surface area (Å²) in [5.41, 5.74) is 1.66. The third-order valence-electron chi connectivity index (χ3n) is 3.47. The van der Waals surface area contributed by atoms with Gasteiger partial charge < -0.3 is 10.1 Å². The van der Waals surface area contributed by atoms with Gasteiger partial charge in [-0.25, -0.2) is 9.78 Å². The molecule has 0 atom stereocenters. The number of benzene rings is 2. The van der Waals surface area contributed by atoms with Crippen LogP contribution in [0, 0.1) is 0 Å². The lowest BCUT2D eigenvalue weighted by atomic mass is 10.2. The van der Waals surface area contributed by atoms with E-state index >= 15 is 0 Å². The highest BCUT2D eigenvalue weighted by Gasteiger charge is 2.13. The number of aromatic nitrogens is 1. The van der Waals surface area contributed by atoms with Crippen LogP contribution in [0.1, 0.15) is 27.6 Å². The van der Waals surface area contributed by atoms with Gasteiger partial charge in [-0.05, 0) is 65.4 Å². The number of nitrogens with zero attached hydrogens (tertiary/aromatic N) is 1. The molecule has 1 aromatic heterocycles. The molecule has 27 heavy (non-hydrogen) atoms. The molecule has 2 N–H and O–H groups in total. The number of nitrogens with one attached hydrogen (secondary N) is 2. The molecule has 1 amide bonds. The lowest BCUT2D eigenvalue weighted by Crippen LogP contribution is -2.34. The molecule has 0 fully saturated rings. The van der Waals surface area contributed by atoms with Gasteiger partial charge >= 0.3 is 5.97 Å². The van der Waals surface area contributed by atoms with Crippen molar-refractivity contribution in [1.29, 1.82) is 0 Å². The van der Waals surface area contributed by atoms with Crippen LogP contribution in [0.3, 0.4) is 0 Å². The molecule has 6 nitrogen and oxygen atoms in total. The lowest BCUT2D eigenvalue weighted by molar-refractivity contribution is 0.0526. The Labute approximate surface area is 173 Å². The molecule has 1 heterocycles. The van der Waals surface area contributed by atoms with E-state index in [9.17, 15) is 9.59 Å². The van der Waals surface area contributed by atoms with Gasteiger partial charge in [-0.1, -0.05) is 23.5 Å². The van der Waals surface area contributed by atoms with Crippen LogP contribution in [0.4, 0.5) is 5.13 Å². The Kier molecular flexibility index (Phi) is 6.15. The number of rotatable bonds is 4. The van der Waals surface area contributed by atoms with E-state index in [-0.39, 0.29) is 17.0 Å². The minimum Gasteiger partial charge on any atom is -0.462 e. The van der Waals surface area contributed by atoms with Crippen LogP contribution in [-0.2, 0) is 4.74 Å². The van der Waals surface area contributed by atoms with Crippen LogP contribution < -0.4 is 10.6 Å². The van der Waals surface area contributed by atoms with Crippen LogP contribution in [-0.4, -0.2) is 28.6 Å². The monoisotopic (exact) mass is 463 g/mol. The molecule has 3 aromatic rings. The highest BCUT2D eigenvalue weighted by molar-refractivity contribution is 9.10. The van der Waals surface area contributed by atoms with E-state index in [2.05, 4.69) is 31.5 Å². The normalized spacial score (nSPS) is 10.4. The summed E-state index contributed by atoms with van der Waals surface area (Å²) < 4.78 is 6.49. The summed E-state index contributed by atoms with van der Waals surface area (Å²) in [6, 6.07) is 12.2. The molecule has 9 heteroatoms. The van der Waals surface area contributed by atoms with Gasteiger partial charge in [0, 0.05) is 4.47 Å². The lowest BCUT2D eigenvalue weighted by Gasteiger charge is -2.08. The van der Waals surface area contributed by atoms with Crippen molar-refractivity contribution in [1.82, 2.24) is 10.3 Å². The Balaban J connectivity index is 1.70. The predicted octanol–water partition coefficient (Wildman–Crippen LogP) is 4.36. The zero-order chi connectivity index (χ0) is 19.4. The molecule has 0 saturated carbocycles. The smallest absolute Gasteiger partial charge is 0.338 e. The molecular formula is C18H14BrN3O3S2. The summed E-state index contributed by atoms with van der Waals surface area (Å²) in [6.07, 6.45) is 0. The Hall–Kier alpha value is -2.36. The van der Waals surface area contributed by atoms with Gasteiger partial charge in [0.05, 0.1) is 28.0 Å². The van der Waals surface area contributed by atoms with E-state index in [1.807, 2.05) is 6.07 Å². The quantitative estimate of drug-likeness (QED) is 0.441. The first-order chi connectivity index (χ1) is 13.0. The fourth-order valence-corrected chi connectivity index (χ4v) is 3.89. The van der Waals surface area contributed by atoms with Crippen molar-refractivity contribution in [3.63, 3.8) is 0 Å². The maximum Gasteiger partial charge on any atom is 0.338 e. The van der Waals surface area contributed by atoms with Gasteiger partial charge in [-0.15, -0.1) is 0 Å². The van der Waals surface area contributed by atoms with E-state index in [1.54, 1.807) is 43.3 Å². The number of thiocarbonyl (C=S) groups is 1. The number of ether oxygens (including phenoxy) is 1. The predicted molar refractivity (Wildman–Crippen MR) is 113 cm³/mol. The number of esters is 1. The number of hydrogen-bond donors (Lipinski definition) is 2. The highest BCUT2D eigenvalue weighted by Crippen LogP contribution is 2.27. The van der Waals surface area contributed by atoms with Gasteiger partial charge in [0.25, 0.3) is 5.91 Å². The number of fused-ring (bicyclic) bond motifs is 1. The number of hydrogen-bond acceptors (Lipinski definition) is 6. The summed E-state index contributed by atoms with van der Waals surface area (Å²) in [5, 5.41) is 6.18. The second-order valence-electron chi connectivity index (χ2n) is 5.31. The first kappa shape index (κ1) is 19.4. The van der Waals surface area contributed by atoms with E-state index in [0.717, 1.165) is 10.2 Å². The molecular weight excluding hydrogens is 450 g/mol. The van der Waals surface area contributed by atoms with Crippen molar-refractivity contribution in [2.45, 2.75) is 6.92 Å². The second kappa shape index (κ2) is 8.55.